The zero-order chi connectivity index (χ0) is 16.1. The number of hydrogen-bond acceptors (Lipinski definition) is 4. The molecule has 22 heavy (non-hydrogen) atoms. The molecular formula is C16H19FO5. The molecule has 0 unspecified atom stereocenters. The number of hydrogen-bond donors (Lipinski definition) is 1. The number of ether oxygens (including phenoxy) is 2. The molecule has 0 atom stereocenters. The molecule has 120 valence electrons. The maximum atomic E-state index is 13.6. The number of carbonyl (C=O) groups excluding carboxylic acids is 1. The van der Waals surface area contributed by atoms with Crippen molar-refractivity contribution >= 4 is 11.9 Å². The molecule has 0 aromatic heterocycles. The molecule has 0 amide bonds. The van der Waals surface area contributed by atoms with Gasteiger partial charge in [0.2, 0.25) is 0 Å². The Bertz CT molecular complexity index is 549. The lowest BCUT2D eigenvalue weighted by Crippen LogP contribution is -2.29. The van der Waals surface area contributed by atoms with Crippen LogP contribution in [-0.4, -0.2) is 29.8 Å². The minimum atomic E-state index is -1.31. The third kappa shape index (κ3) is 3.96. The quantitative estimate of drug-likeness (QED) is 0.846. The first kappa shape index (κ1) is 16.3. The Balaban J connectivity index is 1.90. The zero-order valence-electron chi connectivity index (χ0n) is 12.4. The minimum absolute atomic E-state index is 0.0917. The number of rotatable bonds is 5. The highest BCUT2D eigenvalue weighted by Gasteiger charge is 2.28. The SMILES string of the molecule is CCOC(=O)C1CCC(Oc2ccc(C(=O)O)c(F)c2)CC1. The molecule has 1 fully saturated rings. The highest BCUT2D eigenvalue weighted by molar-refractivity contribution is 5.88. The van der Waals surface area contributed by atoms with Crippen LogP contribution in [-0.2, 0) is 9.53 Å². The normalized spacial score (nSPS) is 21.2. The number of carboxylic acids is 1. The summed E-state index contributed by atoms with van der Waals surface area (Å²) in [6.45, 7) is 2.16. The van der Waals surface area contributed by atoms with E-state index in [1.165, 1.54) is 12.1 Å². The molecular weight excluding hydrogens is 291 g/mol. The Labute approximate surface area is 128 Å². The summed E-state index contributed by atoms with van der Waals surface area (Å²) < 4.78 is 24.3. The van der Waals surface area contributed by atoms with Gasteiger partial charge in [-0.1, -0.05) is 0 Å². The Hall–Kier alpha value is -2.11. The van der Waals surface area contributed by atoms with Crippen molar-refractivity contribution in [1.82, 2.24) is 0 Å². The van der Waals surface area contributed by atoms with Crippen LogP contribution in [0.5, 0.6) is 5.75 Å². The third-order valence-corrected chi connectivity index (χ3v) is 3.77. The molecule has 1 aromatic rings. The molecule has 5 nitrogen and oxygen atoms in total. The number of aromatic carboxylic acids is 1. The smallest absolute Gasteiger partial charge is 0.338 e. The van der Waals surface area contributed by atoms with E-state index in [-0.39, 0.29) is 23.6 Å². The minimum Gasteiger partial charge on any atom is -0.490 e. The monoisotopic (exact) mass is 310 g/mol. The van der Waals surface area contributed by atoms with E-state index < -0.39 is 11.8 Å². The first-order valence-electron chi connectivity index (χ1n) is 7.37. The molecule has 1 aliphatic carbocycles. The third-order valence-electron chi connectivity index (χ3n) is 3.77. The molecule has 1 aromatic carbocycles. The molecule has 0 aliphatic heterocycles. The molecule has 0 saturated heterocycles. The van der Waals surface area contributed by atoms with Crippen LogP contribution in [0.2, 0.25) is 0 Å². The van der Waals surface area contributed by atoms with E-state index in [0.29, 0.717) is 38.0 Å². The van der Waals surface area contributed by atoms with Crippen molar-refractivity contribution in [1.29, 1.82) is 0 Å². The second-order valence-electron chi connectivity index (χ2n) is 5.29. The largest absolute Gasteiger partial charge is 0.490 e. The van der Waals surface area contributed by atoms with Crippen LogP contribution < -0.4 is 4.74 Å². The molecule has 6 heteroatoms. The van der Waals surface area contributed by atoms with Crippen LogP contribution >= 0.6 is 0 Å². The van der Waals surface area contributed by atoms with Gasteiger partial charge < -0.3 is 14.6 Å². The summed E-state index contributed by atoms with van der Waals surface area (Å²) in [5, 5.41) is 8.78. The van der Waals surface area contributed by atoms with Crippen LogP contribution in [0.3, 0.4) is 0 Å². The zero-order valence-corrected chi connectivity index (χ0v) is 12.4. The highest BCUT2D eigenvalue weighted by atomic mass is 19.1. The molecule has 0 radical (unpaired) electrons. The van der Waals surface area contributed by atoms with Gasteiger partial charge >= 0.3 is 11.9 Å². The maximum Gasteiger partial charge on any atom is 0.338 e. The van der Waals surface area contributed by atoms with E-state index >= 15 is 0 Å². The molecule has 1 saturated carbocycles. The first-order chi connectivity index (χ1) is 10.5. The standard InChI is InChI=1S/C16H19FO5/c1-2-21-16(20)10-3-5-11(6-4-10)22-12-7-8-13(15(18)19)14(17)9-12/h7-11H,2-6H2,1H3,(H,18,19). The number of carboxylic acid groups (broad SMARTS) is 1. The molecule has 1 N–H and O–H groups in total. The van der Waals surface area contributed by atoms with Gasteiger partial charge in [0.05, 0.1) is 24.2 Å². The lowest BCUT2D eigenvalue weighted by Gasteiger charge is -2.27. The summed E-state index contributed by atoms with van der Waals surface area (Å²) in [5.41, 5.74) is -0.377. The van der Waals surface area contributed by atoms with Gasteiger partial charge in [-0.15, -0.1) is 0 Å². The van der Waals surface area contributed by atoms with Crippen molar-refractivity contribution in [2.75, 3.05) is 6.61 Å². The van der Waals surface area contributed by atoms with Crippen molar-refractivity contribution in [2.24, 2.45) is 5.92 Å². The predicted molar refractivity (Wildman–Crippen MR) is 76.4 cm³/mol. The lowest BCUT2D eigenvalue weighted by atomic mass is 9.87. The van der Waals surface area contributed by atoms with Gasteiger partial charge in [-0.3, -0.25) is 4.79 Å². The van der Waals surface area contributed by atoms with Gasteiger partial charge in [0.25, 0.3) is 0 Å². The van der Waals surface area contributed by atoms with Gasteiger partial charge in [-0.25, -0.2) is 9.18 Å². The van der Waals surface area contributed by atoms with Crippen LogP contribution in [0.25, 0.3) is 0 Å². The van der Waals surface area contributed by atoms with Crippen molar-refractivity contribution in [3.8, 4) is 5.75 Å². The van der Waals surface area contributed by atoms with E-state index in [2.05, 4.69) is 0 Å². The number of carbonyl (C=O) groups is 2. The molecule has 0 heterocycles. The van der Waals surface area contributed by atoms with Crippen molar-refractivity contribution in [3.05, 3.63) is 29.6 Å². The summed E-state index contributed by atoms with van der Waals surface area (Å²) in [4.78, 5) is 22.4. The topological polar surface area (TPSA) is 72.8 Å². The van der Waals surface area contributed by atoms with E-state index in [1.807, 2.05) is 0 Å². The first-order valence-corrected chi connectivity index (χ1v) is 7.37. The van der Waals surface area contributed by atoms with Crippen molar-refractivity contribution in [2.45, 2.75) is 38.7 Å². The van der Waals surface area contributed by atoms with Crippen LogP contribution in [0.4, 0.5) is 4.39 Å². The van der Waals surface area contributed by atoms with Crippen LogP contribution in [0.15, 0.2) is 18.2 Å². The van der Waals surface area contributed by atoms with Gasteiger partial charge in [0, 0.05) is 6.07 Å². The maximum absolute atomic E-state index is 13.6. The molecule has 0 bridgehead atoms. The van der Waals surface area contributed by atoms with Crippen LogP contribution in [0, 0.1) is 11.7 Å². The number of esters is 1. The number of benzene rings is 1. The highest BCUT2D eigenvalue weighted by Crippen LogP contribution is 2.29. The fraction of sp³-hybridized carbons (Fsp3) is 0.500. The summed E-state index contributed by atoms with van der Waals surface area (Å²) in [5.74, 6) is -2.07. The lowest BCUT2D eigenvalue weighted by molar-refractivity contribution is -0.149. The molecule has 0 spiro atoms. The van der Waals surface area contributed by atoms with Crippen LogP contribution in [0.1, 0.15) is 43.0 Å². The van der Waals surface area contributed by atoms with Gasteiger partial charge in [0.1, 0.15) is 11.6 Å². The Morgan fingerprint density at radius 1 is 1.27 bits per heavy atom. The Morgan fingerprint density at radius 3 is 2.50 bits per heavy atom. The molecule has 1 aliphatic rings. The average molecular weight is 310 g/mol. The Morgan fingerprint density at radius 2 is 1.95 bits per heavy atom. The Kier molecular flexibility index (Phi) is 5.35. The number of halogens is 1. The van der Waals surface area contributed by atoms with Gasteiger partial charge in [-0.2, -0.15) is 0 Å². The summed E-state index contributed by atoms with van der Waals surface area (Å²) >= 11 is 0. The fourth-order valence-electron chi connectivity index (χ4n) is 2.61. The van der Waals surface area contributed by atoms with Crippen molar-refractivity contribution in [3.63, 3.8) is 0 Å². The second kappa shape index (κ2) is 7.24. The van der Waals surface area contributed by atoms with Gasteiger partial charge in [-0.05, 0) is 44.7 Å². The van der Waals surface area contributed by atoms with E-state index in [0.717, 1.165) is 6.07 Å². The second-order valence-corrected chi connectivity index (χ2v) is 5.29. The predicted octanol–water partition coefficient (Wildman–Crippen LogP) is 3.02. The van der Waals surface area contributed by atoms with E-state index in [1.54, 1.807) is 6.92 Å². The van der Waals surface area contributed by atoms with Gasteiger partial charge in [0.15, 0.2) is 0 Å². The van der Waals surface area contributed by atoms with E-state index in [4.69, 9.17) is 14.6 Å². The van der Waals surface area contributed by atoms with Crippen molar-refractivity contribution < 1.29 is 28.6 Å². The fourth-order valence-corrected chi connectivity index (χ4v) is 2.61. The summed E-state index contributed by atoms with van der Waals surface area (Å²) in [6, 6.07) is 3.72. The summed E-state index contributed by atoms with van der Waals surface area (Å²) in [6.07, 6.45) is 2.64. The molecule has 2 rings (SSSR count). The average Bonchev–Trinajstić information content (AvgIpc) is 2.48. The van der Waals surface area contributed by atoms with E-state index in [9.17, 15) is 14.0 Å². The summed E-state index contributed by atoms with van der Waals surface area (Å²) in [7, 11) is 0.